The van der Waals surface area contributed by atoms with E-state index in [0.29, 0.717) is 16.9 Å². The van der Waals surface area contributed by atoms with E-state index in [1.54, 1.807) is 12.1 Å². The number of rotatable bonds is 2. The molecule has 2 rings (SSSR count). The molecule has 0 aliphatic carbocycles. The van der Waals surface area contributed by atoms with Crippen molar-refractivity contribution in [2.75, 3.05) is 18.0 Å². The van der Waals surface area contributed by atoms with Crippen LogP contribution in [0, 0.1) is 11.8 Å². The van der Waals surface area contributed by atoms with Crippen molar-refractivity contribution in [3.63, 3.8) is 0 Å². The van der Waals surface area contributed by atoms with Crippen LogP contribution in [-0.4, -0.2) is 24.1 Å². The molecule has 1 aromatic carbocycles. The fourth-order valence-electron chi connectivity index (χ4n) is 2.90. The van der Waals surface area contributed by atoms with E-state index in [1.165, 1.54) is 6.42 Å². The minimum absolute atomic E-state index is 0.123. The zero-order chi connectivity index (χ0) is 14.0. The summed E-state index contributed by atoms with van der Waals surface area (Å²) in [5, 5.41) is 12.7. The van der Waals surface area contributed by atoms with Gasteiger partial charge >= 0.3 is 0 Å². The Labute approximate surface area is 118 Å². The van der Waals surface area contributed by atoms with E-state index in [9.17, 15) is 0 Å². The van der Waals surface area contributed by atoms with E-state index >= 15 is 0 Å². The predicted octanol–water partition coefficient (Wildman–Crippen LogP) is 2.92. The molecule has 1 aromatic rings. The van der Waals surface area contributed by atoms with E-state index in [0.717, 1.165) is 24.3 Å². The van der Waals surface area contributed by atoms with Crippen molar-refractivity contribution < 1.29 is 5.21 Å². The van der Waals surface area contributed by atoms with Crippen molar-refractivity contribution >= 4 is 23.1 Å². The van der Waals surface area contributed by atoms with Gasteiger partial charge in [-0.1, -0.05) is 30.6 Å². The van der Waals surface area contributed by atoms with Crippen LogP contribution in [0.1, 0.15) is 25.8 Å². The highest BCUT2D eigenvalue weighted by molar-refractivity contribution is 6.31. The Kier molecular flexibility index (Phi) is 4.20. The van der Waals surface area contributed by atoms with E-state index in [1.807, 2.05) is 6.07 Å². The molecule has 1 aliphatic heterocycles. The lowest BCUT2D eigenvalue weighted by Crippen LogP contribution is -2.39. The molecule has 1 fully saturated rings. The maximum atomic E-state index is 8.90. The number of hydrogen-bond acceptors (Lipinski definition) is 3. The molecule has 0 saturated carbocycles. The highest BCUT2D eigenvalue weighted by Crippen LogP contribution is 2.30. The van der Waals surface area contributed by atoms with Crippen LogP contribution in [0.25, 0.3) is 0 Å². The molecule has 2 atom stereocenters. The van der Waals surface area contributed by atoms with Crippen molar-refractivity contribution in [2.24, 2.45) is 22.7 Å². The smallest absolute Gasteiger partial charge is 0.172 e. The summed E-state index contributed by atoms with van der Waals surface area (Å²) in [5.41, 5.74) is 7.43. The molecule has 1 heterocycles. The molecule has 5 heteroatoms. The third-order valence-corrected chi connectivity index (χ3v) is 3.79. The second kappa shape index (κ2) is 5.70. The maximum Gasteiger partial charge on any atom is 0.172 e. The van der Waals surface area contributed by atoms with E-state index in [-0.39, 0.29) is 5.84 Å². The maximum absolute atomic E-state index is 8.90. The fourth-order valence-corrected chi connectivity index (χ4v) is 3.06. The number of nitrogens with two attached hydrogens (primary N) is 1. The summed E-state index contributed by atoms with van der Waals surface area (Å²) in [6.45, 7) is 6.43. The van der Waals surface area contributed by atoms with Gasteiger partial charge in [0.1, 0.15) is 0 Å². The fraction of sp³-hybridized carbons (Fsp3) is 0.500. The normalized spacial score (nSPS) is 24.6. The topological polar surface area (TPSA) is 61.8 Å². The minimum atomic E-state index is 0.123. The summed E-state index contributed by atoms with van der Waals surface area (Å²) in [5.74, 6) is 1.38. The molecule has 104 valence electrons. The van der Waals surface area contributed by atoms with Gasteiger partial charge in [0.25, 0.3) is 0 Å². The number of anilines is 1. The molecule has 0 spiro atoms. The first kappa shape index (κ1) is 14.0. The van der Waals surface area contributed by atoms with Crippen LogP contribution in [0.2, 0.25) is 5.02 Å². The molecule has 0 amide bonds. The van der Waals surface area contributed by atoms with Crippen LogP contribution in [0.4, 0.5) is 5.69 Å². The predicted molar refractivity (Wildman–Crippen MR) is 79.1 cm³/mol. The molecule has 1 aliphatic rings. The van der Waals surface area contributed by atoms with Crippen LogP contribution < -0.4 is 10.6 Å². The van der Waals surface area contributed by atoms with Gasteiger partial charge in [-0.3, -0.25) is 0 Å². The SMILES string of the molecule is CC1CC(C)CN(c2cc(Cl)ccc2C(N)=NO)C1. The Morgan fingerprint density at radius 2 is 2.00 bits per heavy atom. The summed E-state index contributed by atoms with van der Waals surface area (Å²) in [4.78, 5) is 2.28. The lowest BCUT2D eigenvalue weighted by Gasteiger charge is -2.37. The average Bonchev–Trinajstić information content (AvgIpc) is 2.36. The molecule has 0 aromatic heterocycles. The lowest BCUT2D eigenvalue weighted by molar-refractivity contribution is 0.318. The number of oxime groups is 1. The molecule has 1 saturated heterocycles. The summed E-state index contributed by atoms with van der Waals surface area (Å²) in [6, 6.07) is 5.45. The van der Waals surface area contributed by atoms with E-state index in [4.69, 9.17) is 22.5 Å². The van der Waals surface area contributed by atoms with Crippen molar-refractivity contribution in [1.29, 1.82) is 0 Å². The van der Waals surface area contributed by atoms with Gasteiger partial charge in [-0.2, -0.15) is 0 Å². The largest absolute Gasteiger partial charge is 0.409 e. The summed E-state index contributed by atoms with van der Waals surface area (Å²) in [6.07, 6.45) is 1.23. The molecular weight excluding hydrogens is 262 g/mol. The Morgan fingerprint density at radius 1 is 1.37 bits per heavy atom. The molecule has 3 N–H and O–H groups in total. The number of amidine groups is 1. The first-order valence-electron chi connectivity index (χ1n) is 6.53. The number of benzene rings is 1. The average molecular weight is 282 g/mol. The number of hydrogen-bond donors (Lipinski definition) is 2. The van der Waals surface area contributed by atoms with Gasteiger partial charge in [0.2, 0.25) is 0 Å². The Balaban J connectivity index is 2.39. The van der Waals surface area contributed by atoms with Gasteiger partial charge in [-0.05, 0) is 36.5 Å². The molecular formula is C14H20ClN3O. The minimum Gasteiger partial charge on any atom is -0.409 e. The van der Waals surface area contributed by atoms with Crippen molar-refractivity contribution in [1.82, 2.24) is 0 Å². The summed E-state index contributed by atoms with van der Waals surface area (Å²) < 4.78 is 0. The van der Waals surface area contributed by atoms with Crippen LogP contribution in [-0.2, 0) is 0 Å². The van der Waals surface area contributed by atoms with Crippen molar-refractivity contribution in [3.8, 4) is 0 Å². The zero-order valence-electron chi connectivity index (χ0n) is 11.3. The van der Waals surface area contributed by atoms with Gasteiger partial charge in [-0.15, -0.1) is 0 Å². The Morgan fingerprint density at radius 3 is 2.58 bits per heavy atom. The number of piperidine rings is 1. The Bertz CT molecular complexity index is 480. The first-order chi connectivity index (χ1) is 9.01. The van der Waals surface area contributed by atoms with E-state index < -0.39 is 0 Å². The van der Waals surface area contributed by atoms with Gasteiger partial charge < -0.3 is 15.8 Å². The Hall–Kier alpha value is -1.42. The van der Waals surface area contributed by atoms with E-state index in [2.05, 4.69) is 23.9 Å². The molecule has 0 bridgehead atoms. The number of halogens is 1. The number of nitrogens with zero attached hydrogens (tertiary/aromatic N) is 2. The molecule has 0 radical (unpaired) electrons. The molecule has 2 unspecified atom stereocenters. The summed E-state index contributed by atoms with van der Waals surface area (Å²) >= 11 is 6.09. The van der Waals surface area contributed by atoms with Crippen LogP contribution in [0.5, 0.6) is 0 Å². The van der Waals surface area contributed by atoms with Gasteiger partial charge in [0, 0.05) is 29.4 Å². The van der Waals surface area contributed by atoms with Crippen LogP contribution >= 0.6 is 11.6 Å². The molecule has 19 heavy (non-hydrogen) atoms. The van der Waals surface area contributed by atoms with Crippen LogP contribution in [0.15, 0.2) is 23.4 Å². The standard InChI is InChI=1S/C14H20ClN3O/c1-9-5-10(2)8-18(7-9)13-6-11(15)3-4-12(13)14(16)17-19/h3-4,6,9-10,19H,5,7-8H2,1-2H3,(H2,16,17). The van der Waals surface area contributed by atoms with Crippen LogP contribution in [0.3, 0.4) is 0 Å². The quantitative estimate of drug-likeness (QED) is 0.379. The third-order valence-electron chi connectivity index (χ3n) is 3.55. The first-order valence-corrected chi connectivity index (χ1v) is 6.91. The second-order valence-electron chi connectivity index (χ2n) is 5.50. The second-order valence-corrected chi connectivity index (χ2v) is 5.93. The van der Waals surface area contributed by atoms with Gasteiger partial charge in [0.15, 0.2) is 5.84 Å². The lowest BCUT2D eigenvalue weighted by atomic mass is 9.91. The van der Waals surface area contributed by atoms with Gasteiger partial charge in [-0.25, -0.2) is 0 Å². The summed E-state index contributed by atoms with van der Waals surface area (Å²) in [7, 11) is 0. The monoisotopic (exact) mass is 281 g/mol. The van der Waals surface area contributed by atoms with Gasteiger partial charge in [0.05, 0.1) is 0 Å². The third kappa shape index (κ3) is 3.13. The highest BCUT2D eigenvalue weighted by atomic mass is 35.5. The highest BCUT2D eigenvalue weighted by Gasteiger charge is 2.24. The zero-order valence-corrected chi connectivity index (χ0v) is 12.1. The van der Waals surface area contributed by atoms with Crippen molar-refractivity contribution in [2.45, 2.75) is 20.3 Å². The van der Waals surface area contributed by atoms with Crippen molar-refractivity contribution in [3.05, 3.63) is 28.8 Å². The molecule has 4 nitrogen and oxygen atoms in total.